The second-order valence-corrected chi connectivity index (χ2v) is 9.92. The average molecular weight is 460 g/mol. The van der Waals surface area contributed by atoms with Crippen LogP contribution < -0.4 is 23.8 Å². The lowest BCUT2D eigenvalue weighted by Gasteiger charge is -2.32. The summed E-state index contributed by atoms with van der Waals surface area (Å²) in [6, 6.07) is 13.4. The number of likely N-dealkylation sites (tertiary alicyclic amines) is 1. The van der Waals surface area contributed by atoms with Gasteiger partial charge in [-0.3, -0.25) is 4.79 Å². The van der Waals surface area contributed by atoms with E-state index < -0.39 is 13.4 Å². The summed E-state index contributed by atoms with van der Waals surface area (Å²) in [7, 11) is -0.661. The molecule has 2 fully saturated rings. The minimum atomic E-state index is -3.81. The van der Waals surface area contributed by atoms with Crippen molar-refractivity contribution < 1.29 is 27.9 Å². The molecule has 4 rings (SSSR count). The van der Waals surface area contributed by atoms with Crippen LogP contribution >= 0.6 is 7.60 Å². The molecule has 2 unspecified atom stereocenters. The number of benzene rings is 2. The minimum absolute atomic E-state index is 0.0399. The maximum Gasteiger partial charge on any atom is 0.453 e. The quantitative estimate of drug-likeness (QED) is 0.595. The molecule has 2 atom stereocenters. The first kappa shape index (κ1) is 22.5. The Labute approximate surface area is 188 Å². The molecule has 2 aliphatic heterocycles. The molecule has 0 spiro atoms. The fourth-order valence-electron chi connectivity index (χ4n) is 4.14. The number of carbonyl (C=O) groups excluding carboxylic acids is 1. The molecule has 2 aromatic rings. The van der Waals surface area contributed by atoms with E-state index in [2.05, 4.69) is 5.32 Å². The van der Waals surface area contributed by atoms with Gasteiger partial charge in [-0.05, 0) is 80.8 Å². The first-order valence-electron chi connectivity index (χ1n) is 10.8. The normalized spacial score (nSPS) is 20.8. The van der Waals surface area contributed by atoms with E-state index in [1.54, 1.807) is 67.7 Å². The highest BCUT2D eigenvalue weighted by atomic mass is 31.2. The molecular formula is C23H29N2O6P. The molecule has 0 aromatic heterocycles. The molecule has 0 radical (unpaired) electrons. The smallest absolute Gasteiger partial charge is 0.453 e. The summed E-state index contributed by atoms with van der Waals surface area (Å²) in [6.45, 7) is 1.35. The summed E-state index contributed by atoms with van der Waals surface area (Å²) in [5, 5.41) is 3.24. The van der Waals surface area contributed by atoms with Gasteiger partial charge in [0.05, 0.1) is 20.3 Å². The first-order chi connectivity index (χ1) is 15.5. The van der Waals surface area contributed by atoms with Gasteiger partial charge in [0, 0.05) is 6.54 Å². The average Bonchev–Trinajstić information content (AvgIpc) is 3.52. The molecule has 2 aromatic carbocycles. The van der Waals surface area contributed by atoms with Gasteiger partial charge < -0.3 is 28.7 Å². The summed E-state index contributed by atoms with van der Waals surface area (Å²) in [4.78, 5) is 14.9. The monoisotopic (exact) mass is 460 g/mol. The topological polar surface area (TPSA) is 86.3 Å². The lowest BCUT2D eigenvalue weighted by Crippen LogP contribution is -2.46. The molecule has 2 saturated heterocycles. The second-order valence-electron chi connectivity index (χ2n) is 7.88. The van der Waals surface area contributed by atoms with Crippen LogP contribution in [0.5, 0.6) is 23.0 Å². The zero-order valence-corrected chi connectivity index (χ0v) is 19.3. The van der Waals surface area contributed by atoms with Crippen molar-refractivity contribution in [2.45, 2.75) is 37.5 Å². The lowest BCUT2D eigenvalue weighted by atomic mass is 10.2. The van der Waals surface area contributed by atoms with Crippen molar-refractivity contribution in [1.82, 2.24) is 10.2 Å². The largest absolute Gasteiger partial charge is 0.497 e. The van der Waals surface area contributed by atoms with Crippen LogP contribution in [0.3, 0.4) is 0 Å². The number of amides is 1. The third-order valence-electron chi connectivity index (χ3n) is 5.81. The third kappa shape index (κ3) is 4.87. The van der Waals surface area contributed by atoms with E-state index in [1.807, 2.05) is 0 Å². The Hall–Kier alpha value is -2.70. The van der Waals surface area contributed by atoms with E-state index in [4.69, 9.17) is 18.5 Å². The number of methoxy groups -OCH3 is 2. The molecule has 1 amide bonds. The van der Waals surface area contributed by atoms with E-state index >= 15 is 0 Å². The van der Waals surface area contributed by atoms with Crippen LogP contribution in [0.1, 0.15) is 25.7 Å². The van der Waals surface area contributed by atoms with Crippen molar-refractivity contribution in [1.29, 1.82) is 0 Å². The molecule has 2 heterocycles. The fraction of sp³-hybridized carbons (Fsp3) is 0.435. The Kier molecular flexibility index (Phi) is 6.92. The molecular weight excluding hydrogens is 431 g/mol. The maximum absolute atomic E-state index is 14.3. The van der Waals surface area contributed by atoms with Crippen molar-refractivity contribution in [2.75, 3.05) is 27.3 Å². The second kappa shape index (κ2) is 9.84. The standard InChI is InChI=1S/C23H29N2O6P/c1-28-17-7-11-19(12-8-17)30-32(27,31-20-13-9-18(29-2)10-14-20)22-6-4-16-25(22)23(26)21-5-3-15-24-21/h7-14,21-22,24H,3-6,15-16H2,1-2H3. The number of hydrogen-bond acceptors (Lipinski definition) is 7. The fourth-order valence-corrected chi connectivity index (χ4v) is 6.32. The van der Waals surface area contributed by atoms with Crippen LogP contribution in [0.25, 0.3) is 0 Å². The highest BCUT2D eigenvalue weighted by molar-refractivity contribution is 7.55. The van der Waals surface area contributed by atoms with Crippen LogP contribution in [0.2, 0.25) is 0 Å². The number of nitrogens with one attached hydrogen (secondary N) is 1. The number of hydrogen-bond donors (Lipinski definition) is 1. The predicted octanol–water partition coefficient (Wildman–Crippen LogP) is 4.06. The van der Waals surface area contributed by atoms with Gasteiger partial charge in [0.1, 0.15) is 23.0 Å². The summed E-state index contributed by atoms with van der Waals surface area (Å²) in [5.41, 5.74) is 0. The summed E-state index contributed by atoms with van der Waals surface area (Å²) in [6.07, 6.45) is 3.02. The zero-order valence-electron chi connectivity index (χ0n) is 18.4. The highest BCUT2D eigenvalue weighted by Crippen LogP contribution is 2.57. The van der Waals surface area contributed by atoms with Gasteiger partial charge in [0.2, 0.25) is 5.91 Å². The van der Waals surface area contributed by atoms with Crippen LogP contribution in [0.15, 0.2) is 48.5 Å². The summed E-state index contributed by atoms with van der Waals surface area (Å²) >= 11 is 0. The third-order valence-corrected chi connectivity index (χ3v) is 8.01. The van der Waals surface area contributed by atoms with Gasteiger partial charge in [0.25, 0.3) is 0 Å². The van der Waals surface area contributed by atoms with E-state index in [-0.39, 0.29) is 11.9 Å². The van der Waals surface area contributed by atoms with Crippen molar-refractivity contribution >= 4 is 13.5 Å². The molecule has 9 heteroatoms. The Balaban J connectivity index is 1.63. The summed E-state index contributed by atoms with van der Waals surface area (Å²) in [5.74, 6) is 1.40. The predicted molar refractivity (Wildman–Crippen MR) is 121 cm³/mol. The Bertz CT molecular complexity index is 906. The van der Waals surface area contributed by atoms with E-state index in [1.165, 1.54) is 0 Å². The van der Waals surface area contributed by atoms with E-state index in [0.717, 1.165) is 25.8 Å². The highest BCUT2D eigenvalue weighted by Gasteiger charge is 2.48. The molecule has 172 valence electrons. The van der Waals surface area contributed by atoms with Gasteiger partial charge in [-0.15, -0.1) is 0 Å². The number of rotatable bonds is 8. The van der Waals surface area contributed by atoms with Gasteiger partial charge in [0.15, 0.2) is 5.78 Å². The van der Waals surface area contributed by atoms with Crippen molar-refractivity contribution in [2.24, 2.45) is 0 Å². The molecule has 0 saturated carbocycles. The van der Waals surface area contributed by atoms with Gasteiger partial charge in [-0.1, -0.05) is 0 Å². The molecule has 2 aliphatic rings. The number of nitrogens with zero attached hydrogens (tertiary/aromatic N) is 1. The minimum Gasteiger partial charge on any atom is -0.497 e. The molecule has 32 heavy (non-hydrogen) atoms. The Morgan fingerprint density at radius 1 is 0.875 bits per heavy atom. The van der Waals surface area contributed by atoms with Crippen LogP contribution in [-0.2, 0) is 9.36 Å². The van der Waals surface area contributed by atoms with Crippen molar-refractivity contribution in [3.8, 4) is 23.0 Å². The Morgan fingerprint density at radius 2 is 1.41 bits per heavy atom. The van der Waals surface area contributed by atoms with Gasteiger partial charge in [-0.25, -0.2) is 4.57 Å². The van der Waals surface area contributed by atoms with Gasteiger partial charge >= 0.3 is 7.60 Å². The number of carbonyl (C=O) groups is 1. The van der Waals surface area contributed by atoms with Crippen LogP contribution in [-0.4, -0.2) is 49.9 Å². The zero-order chi connectivity index (χ0) is 22.6. The van der Waals surface area contributed by atoms with Crippen LogP contribution in [0.4, 0.5) is 0 Å². The van der Waals surface area contributed by atoms with Crippen molar-refractivity contribution in [3.63, 3.8) is 0 Å². The Morgan fingerprint density at radius 3 is 1.88 bits per heavy atom. The summed E-state index contributed by atoms with van der Waals surface area (Å²) < 4.78 is 36.7. The molecule has 0 bridgehead atoms. The molecule has 1 N–H and O–H groups in total. The number of ether oxygens (including phenoxy) is 2. The van der Waals surface area contributed by atoms with Crippen LogP contribution in [0, 0.1) is 0 Å². The van der Waals surface area contributed by atoms with Crippen molar-refractivity contribution in [3.05, 3.63) is 48.5 Å². The SMILES string of the molecule is COc1ccc(OP(=O)(Oc2ccc(OC)cc2)C2CCCN2C(=O)C2CCCN2)cc1. The maximum atomic E-state index is 14.3. The molecule has 8 nitrogen and oxygen atoms in total. The van der Waals surface area contributed by atoms with Gasteiger partial charge in [-0.2, -0.15) is 0 Å². The van der Waals surface area contributed by atoms with E-state index in [0.29, 0.717) is 36.0 Å². The molecule has 0 aliphatic carbocycles. The van der Waals surface area contributed by atoms with E-state index in [9.17, 15) is 9.36 Å². The first-order valence-corrected chi connectivity index (χ1v) is 12.4. The lowest BCUT2D eigenvalue weighted by molar-refractivity contribution is -0.132.